The van der Waals surface area contributed by atoms with Gasteiger partial charge >= 0.3 is 12.0 Å². The molecule has 0 radical (unpaired) electrons. The lowest BCUT2D eigenvalue weighted by Gasteiger charge is -2.16. The summed E-state index contributed by atoms with van der Waals surface area (Å²) in [7, 11) is 0. The SMILES string of the molecule is O=C(O)CC(NC(=O)NCc1ccoc1)C1CC1. The molecule has 0 aliphatic heterocycles. The quantitative estimate of drug-likeness (QED) is 0.712. The second kappa shape index (κ2) is 5.57. The van der Waals surface area contributed by atoms with Gasteiger partial charge in [0.2, 0.25) is 0 Å². The Balaban J connectivity index is 1.76. The molecule has 2 rings (SSSR count). The molecule has 3 N–H and O–H groups in total. The van der Waals surface area contributed by atoms with Crippen molar-refractivity contribution in [1.29, 1.82) is 0 Å². The summed E-state index contributed by atoms with van der Waals surface area (Å²) in [5.41, 5.74) is 0.867. The number of rotatable bonds is 6. The van der Waals surface area contributed by atoms with Gasteiger partial charge in [-0.05, 0) is 24.8 Å². The summed E-state index contributed by atoms with van der Waals surface area (Å²) in [6.07, 6.45) is 5.03. The maximum Gasteiger partial charge on any atom is 0.315 e. The molecule has 18 heavy (non-hydrogen) atoms. The van der Waals surface area contributed by atoms with Crippen LogP contribution in [0.5, 0.6) is 0 Å². The monoisotopic (exact) mass is 252 g/mol. The molecule has 1 atom stereocenters. The first kappa shape index (κ1) is 12.5. The Bertz CT molecular complexity index is 412. The van der Waals surface area contributed by atoms with Crippen molar-refractivity contribution in [3.63, 3.8) is 0 Å². The lowest BCUT2D eigenvalue weighted by molar-refractivity contribution is -0.137. The van der Waals surface area contributed by atoms with Crippen molar-refractivity contribution in [3.8, 4) is 0 Å². The van der Waals surface area contributed by atoms with E-state index >= 15 is 0 Å². The van der Waals surface area contributed by atoms with Crippen molar-refractivity contribution < 1.29 is 19.1 Å². The number of furan rings is 1. The van der Waals surface area contributed by atoms with Crippen molar-refractivity contribution in [1.82, 2.24) is 10.6 Å². The van der Waals surface area contributed by atoms with Crippen LogP contribution in [0.2, 0.25) is 0 Å². The summed E-state index contributed by atoms with van der Waals surface area (Å²) in [6.45, 7) is 0.368. The van der Waals surface area contributed by atoms with Gasteiger partial charge in [0, 0.05) is 18.2 Å². The average molecular weight is 252 g/mol. The zero-order valence-corrected chi connectivity index (χ0v) is 9.89. The van der Waals surface area contributed by atoms with Crippen LogP contribution in [-0.2, 0) is 11.3 Å². The minimum Gasteiger partial charge on any atom is -0.481 e. The molecule has 0 bridgehead atoms. The lowest BCUT2D eigenvalue weighted by Crippen LogP contribution is -2.43. The predicted molar refractivity (Wildman–Crippen MR) is 62.8 cm³/mol. The molecule has 1 aliphatic rings. The minimum atomic E-state index is -0.887. The first-order valence-corrected chi connectivity index (χ1v) is 5.92. The standard InChI is InChI=1S/C12H16N2O4/c15-11(16)5-10(9-1-2-9)14-12(17)13-6-8-3-4-18-7-8/h3-4,7,9-10H,1-2,5-6H2,(H,15,16)(H2,13,14,17). The molecule has 1 unspecified atom stereocenters. The number of carbonyl (C=O) groups excluding carboxylic acids is 1. The Morgan fingerprint density at radius 1 is 1.50 bits per heavy atom. The molecule has 0 saturated heterocycles. The van der Waals surface area contributed by atoms with E-state index in [-0.39, 0.29) is 18.5 Å². The van der Waals surface area contributed by atoms with Crippen molar-refractivity contribution in [2.24, 2.45) is 5.92 Å². The molecule has 1 heterocycles. The van der Waals surface area contributed by atoms with Crippen LogP contribution in [0.25, 0.3) is 0 Å². The van der Waals surface area contributed by atoms with Crippen LogP contribution in [-0.4, -0.2) is 23.1 Å². The fraction of sp³-hybridized carbons (Fsp3) is 0.500. The maximum atomic E-state index is 11.6. The van der Waals surface area contributed by atoms with E-state index in [1.165, 1.54) is 6.26 Å². The van der Waals surface area contributed by atoms with Gasteiger partial charge in [-0.2, -0.15) is 0 Å². The smallest absolute Gasteiger partial charge is 0.315 e. The van der Waals surface area contributed by atoms with E-state index in [0.29, 0.717) is 12.5 Å². The molecule has 1 aliphatic carbocycles. The second-order valence-corrected chi connectivity index (χ2v) is 4.50. The highest BCUT2D eigenvalue weighted by Crippen LogP contribution is 2.33. The molecule has 0 aromatic carbocycles. The van der Waals surface area contributed by atoms with Gasteiger partial charge in [-0.25, -0.2) is 4.79 Å². The highest BCUT2D eigenvalue weighted by Gasteiger charge is 2.33. The van der Waals surface area contributed by atoms with Crippen molar-refractivity contribution in [2.75, 3.05) is 0 Å². The molecule has 6 heteroatoms. The van der Waals surface area contributed by atoms with E-state index in [1.54, 1.807) is 12.3 Å². The molecular formula is C12H16N2O4. The molecule has 0 spiro atoms. The van der Waals surface area contributed by atoms with Crippen LogP contribution in [0, 0.1) is 5.92 Å². The molecule has 1 aromatic rings. The highest BCUT2D eigenvalue weighted by atomic mass is 16.4. The normalized spacial score (nSPS) is 16.0. The third kappa shape index (κ3) is 3.80. The van der Waals surface area contributed by atoms with E-state index in [4.69, 9.17) is 9.52 Å². The fourth-order valence-electron chi connectivity index (χ4n) is 1.82. The molecule has 98 valence electrons. The number of hydrogen-bond acceptors (Lipinski definition) is 3. The number of carboxylic acids is 1. The number of amides is 2. The maximum absolute atomic E-state index is 11.6. The van der Waals surface area contributed by atoms with Gasteiger partial charge in [0.25, 0.3) is 0 Å². The van der Waals surface area contributed by atoms with Gasteiger partial charge in [-0.3, -0.25) is 4.79 Å². The number of hydrogen-bond donors (Lipinski definition) is 3. The van der Waals surface area contributed by atoms with E-state index in [2.05, 4.69) is 10.6 Å². The lowest BCUT2D eigenvalue weighted by atomic mass is 10.1. The first-order valence-electron chi connectivity index (χ1n) is 5.92. The van der Waals surface area contributed by atoms with Crippen LogP contribution >= 0.6 is 0 Å². The Kier molecular flexibility index (Phi) is 3.86. The summed E-state index contributed by atoms with van der Waals surface area (Å²) in [6, 6.07) is 1.15. The van der Waals surface area contributed by atoms with E-state index in [0.717, 1.165) is 18.4 Å². The van der Waals surface area contributed by atoms with Gasteiger partial charge in [-0.15, -0.1) is 0 Å². The number of nitrogens with one attached hydrogen (secondary N) is 2. The van der Waals surface area contributed by atoms with Gasteiger partial charge in [0.1, 0.15) is 0 Å². The molecule has 1 saturated carbocycles. The van der Waals surface area contributed by atoms with Gasteiger partial charge < -0.3 is 20.2 Å². The van der Waals surface area contributed by atoms with Crippen LogP contribution in [0.3, 0.4) is 0 Å². The topological polar surface area (TPSA) is 91.6 Å². The van der Waals surface area contributed by atoms with E-state index < -0.39 is 5.97 Å². The first-order chi connectivity index (χ1) is 8.65. The van der Waals surface area contributed by atoms with Crippen LogP contribution < -0.4 is 10.6 Å². The average Bonchev–Trinajstić information content (AvgIpc) is 3.02. The van der Waals surface area contributed by atoms with Gasteiger partial charge in [0.15, 0.2) is 0 Å². The summed E-state index contributed by atoms with van der Waals surface area (Å²) >= 11 is 0. The van der Waals surface area contributed by atoms with Crippen LogP contribution in [0.15, 0.2) is 23.0 Å². The number of carboxylic acid groups (broad SMARTS) is 1. The minimum absolute atomic E-state index is 0.0240. The molecule has 1 fully saturated rings. The summed E-state index contributed by atoms with van der Waals surface area (Å²) in [5.74, 6) is -0.581. The molecule has 1 aromatic heterocycles. The summed E-state index contributed by atoms with van der Waals surface area (Å²) in [4.78, 5) is 22.3. The van der Waals surface area contributed by atoms with Crippen molar-refractivity contribution in [3.05, 3.63) is 24.2 Å². The number of aliphatic carboxylic acids is 1. The van der Waals surface area contributed by atoms with Gasteiger partial charge in [0.05, 0.1) is 18.9 Å². The zero-order valence-electron chi connectivity index (χ0n) is 9.89. The third-order valence-electron chi connectivity index (χ3n) is 2.94. The highest BCUT2D eigenvalue weighted by molar-refractivity contribution is 5.75. The summed E-state index contributed by atoms with van der Waals surface area (Å²) in [5, 5.41) is 14.1. The van der Waals surface area contributed by atoms with Crippen molar-refractivity contribution >= 4 is 12.0 Å². The second-order valence-electron chi connectivity index (χ2n) is 4.50. The summed E-state index contributed by atoms with van der Waals surface area (Å²) < 4.78 is 4.88. The third-order valence-corrected chi connectivity index (χ3v) is 2.94. The van der Waals surface area contributed by atoms with Crippen molar-refractivity contribution in [2.45, 2.75) is 31.8 Å². The number of carbonyl (C=O) groups is 2. The Morgan fingerprint density at radius 3 is 2.83 bits per heavy atom. The zero-order chi connectivity index (χ0) is 13.0. The largest absolute Gasteiger partial charge is 0.481 e. The van der Waals surface area contributed by atoms with Crippen LogP contribution in [0.1, 0.15) is 24.8 Å². The molecule has 2 amide bonds. The van der Waals surface area contributed by atoms with Gasteiger partial charge in [-0.1, -0.05) is 0 Å². The molecule has 6 nitrogen and oxygen atoms in total. The number of urea groups is 1. The Labute approximate surface area is 104 Å². The van der Waals surface area contributed by atoms with E-state index in [1.807, 2.05) is 0 Å². The predicted octanol–water partition coefficient (Wildman–Crippen LogP) is 1.33. The fourth-order valence-corrected chi connectivity index (χ4v) is 1.82. The Hall–Kier alpha value is -1.98. The van der Waals surface area contributed by atoms with E-state index in [9.17, 15) is 9.59 Å². The molecular weight excluding hydrogens is 236 g/mol. The van der Waals surface area contributed by atoms with Crippen LogP contribution in [0.4, 0.5) is 4.79 Å². The Morgan fingerprint density at radius 2 is 2.28 bits per heavy atom.